The zero-order chi connectivity index (χ0) is 25.0. The Morgan fingerprint density at radius 2 is 1.83 bits per heavy atom. The van der Waals surface area contributed by atoms with E-state index < -0.39 is 11.7 Å². The number of anilines is 2. The first kappa shape index (κ1) is 24.2. The summed E-state index contributed by atoms with van der Waals surface area (Å²) in [7, 11) is 3.97. The van der Waals surface area contributed by atoms with Gasteiger partial charge in [0.25, 0.3) is 5.91 Å². The Bertz CT molecular complexity index is 1320. The van der Waals surface area contributed by atoms with Gasteiger partial charge in [-0.05, 0) is 69.5 Å². The highest BCUT2D eigenvalue weighted by Crippen LogP contribution is 2.31. The summed E-state index contributed by atoms with van der Waals surface area (Å²) in [6.07, 6.45) is -1.99. The number of benzene rings is 2. The van der Waals surface area contributed by atoms with Crippen molar-refractivity contribution >= 4 is 28.4 Å². The van der Waals surface area contributed by atoms with Crippen LogP contribution in [0.4, 0.5) is 24.8 Å². The second kappa shape index (κ2) is 10.1. The number of hydrogen-bond acceptors (Lipinski definition) is 5. The lowest BCUT2D eigenvalue weighted by Crippen LogP contribution is -2.27. The molecule has 0 atom stereocenters. The summed E-state index contributed by atoms with van der Waals surface area (Å²) in [6.45, 7) is 1.48. The maximum atomic E-state index is 12.8. The average molecular weight is 483 g/mol. The number of halogens is 3. The number of H-pyrrole nitrogens is 1. The third kappa shape index (κ3) is 6.15. The van der Waals surface area contributed by atoms with Crippen molar-refractivity contribution in [3.63, 3.8) is 0 Å². The summed E-state index contributed by atoms with van der Waals surface area (Å²) in [4.78, 5) is 26.2. The van der Waals surface area contributed by atoms with Crippen LogP contribution in [-0.2, 0) is 6.18 Å². The second-order valence-corrected chi connectivity index (χ2v) is 8.36. The Morgan fingerprint density at radius 1 is 1.06 bits per heavy atom. The normalized spacial score (nSPS) is 11.7. The maximum absolute atomic E-state index is 12.8. The lowest BCUT2D eigenvalue weighted by molar-refractivity contribution is -0.137. The molecule has 0 saturated heterocycles. The molecule has 0 radical (unpaired) electrons. The molecule has 0 fully saturated rings. The number of rotatable bonds is 8. The monoisotopic (exact) mass is 482 g/mol. The van der Waals surface area contributed by atoms with Crippen LogP contribution in [0.1, 0.15) is 22.5 Å². The highest BCUT2D eigenvalue weighted by atomic mass is 19.4. The minimum Gasteiger partial charge on any atom is -0.351 e. The number of amides is 1. The van der Waals surface area contributed by atoms with Crippen molar-refractivity contribution in [2.45, 2.75) is 12.6 Å². The molecule has 4 rings (SSSR count). The summed E-state index contributed by atoms with van der Waals surface area (Å²) < 4.78 is 38.5. The van der Waals surface area contributed by atoms with E-state index in [4.69, 9.17) is 0 Å². The fourth-order valence-electron chi connectivity index (χ4n) is 3.56. The molecule has 2 aromatic heterocycles. The van der Waals surface area contributed by atoms with E-state index in [1.807, 2.05) is 32.3 Å². The van der Waals surface area contributed by atoms with E-state index in [-0.39, 0.29) is 5.91 Å². The van der Waals surface area contributed by atoms with Crippen molar-refractivity contribution in [3.8, 4) is 11.3 Å². The summed E-state index contributed by atoms with van der Waals surface area (Å²) in [6, 6.07) is 13.8. The van der Waals surface area contributed by atoms with Crippen molar-refractivity contribution < 1.29 is 18.0 Å². The van der Waals surface area contributed by atoms with Gasteiger partial charge in [-0.25, -0.2) is 9.97 Å². The van der Waals surface area contributed by atoms with Crippen LogP contribution in [0.3, 0.4) is 0 Å². The van der Waals surface area contributed by atoms with Crippen molar-refractivity contribution in [3.05, 3.63) is 72.1 Å². The molecule has 0 saturated carbocycles. The van der Waals surface area contributed by atoms with E-state index in [1.165, 1.54) is 18.3 Å². The number of alkyl halides is 3. The highest BCUT2D eigenvalue weighted by Gasteiger charge is 2.30. The standard InChI is InChI=1S/C25H25F3N6O/c1-34(2)13-3-11-29-23(35)22-15-17-14-19(8-9-20(17)32-22)31-24-30-12-10-21(33-24)16-4-6-18(7-5-16)25(26,27)28/h4-10,12,14-15,32H,3,11,13H2,1-2H3,(H,29,35)(H,30,31,33). The fourth-order valence-corrected chi connectivity index (χ4v) is 3.56. The molecule has 3 N–H and O–H groups in total. The molecule has 0 bridgehead atoms. The zero-order valence-electron chi connectivity index (χ0n) is 19.3. The number of carbonyl (C=O) groups excluding carboxylic acids is 1. The molecule has 7 nitrogen and oxygen atoms in total. The third-order valence-corrected chi connectivity index (χ3v) is 5.35. The fraction of sp³-hybridized carbons (Fsp3) is 0.240. The number of nitrogens with one attached hydrogen (secondary N) is 3. The molecule has 2 heterocycles. The molecule has 35 heavy (non-hydrogen) atoms. The Morgan fingerprint density at radius 3 is 2.54 bits per heavy atom. The number of nitrogens with zero attached hydrogens (tertiary/aromatic N) is 3. The molecule has 182 valence electrons. The van der Waals surface area contributed by atoms with Crippen LogP contribution < -0.4 is 10.6 Å². The van der Waals surface area contributed by atoms with Crippen LogP contribution in [0.2, 0.25) is 0 Å². The van der Waals surface area contributed by atoms with E-state index in [9.17, 15) is 18.0 Å². The molecule has 0 unspecified atom stereocenters. The van der Waals surface area contributed by atoms with Crippen LogP contribution in [0, 0.1) is 0 Å². The van der Waals surface area contributed by atoms with E-state index in [2.05, 4.69) is 30.5 Å². The largest absolute Gasteiger partial charge is 0.416 e. The molecule has 0 aliphatic rings. The van der Waals surface area contributed by atoms with Gasteiger partial charge in [-0.15, -0.1) is 0 Å². The molecule has 0 aliphatic heterocycles. The first-order valence-electron chi connectivity index (χ1n) is 11.0. The first-order chi connectivity index (χ1) is 16.7. The minimum absolute atomic E-state index is 0.165. The molecular weight excluding hydrogens is 457 g/mol. The Labute approximate surface area is 200 Å². The molecule has 0 aliphatic carbocycles. The van der Waals surface area contributed by atoms with E-state index in [1.54, 1.807) is 12.1 Å². The van der Waals surface area contributed by atoms with Gasteiger partial charge in [-0.3, -0.25) is 4.79 Å². The van der Waals surface area contributed by atoms with E-state index in [0.717, 1.165) is 36.0 Å². The number of aromatic amines is 1. The molecule has 1 amide bonds. The summed E-state index contributed by atoms with van der Waals surface area (Å²) in [5.41, 5.74) is 2.32. The quantitative estimate of drug-likeness (QED) is 0.306. The van der Waals surface area contributed by atoms with E-state index >= 15 is 0 Å². The molecule has 2 aromatic carbocycles. The highest BCUT2D eigenvalue weighted by molar-refractivity contribution is 5.98. The molecule has 4 aromatic rings. The second-order valence-electron chi connectivity index (χ2n) is 8.36. The minimum atomic E-state index is -4.39. The van der Waals surface area contributed by atoms with Crippen LogP contribution in [0.5, 0.6) is 0 Å². The predicted molar refractivity (Wildman–Crippen MR) is 130 cm³/mol. The third-order valence-electron chi connectivity index (χ3n) is 5.35. The number of aromatic nitrogens is 3. The van der Waals surface area contributed by atoms with Gasteiger partial charge >= 0.3 is 6.18 Å². The van der Waals surface area contributed by atoms with Crippen LogP contribution in [0.25, 0.3) is 22.2 Å². The lowest BCUT2D eigenvalue weighted by atomic mass is 10.1. The summed E-state index contributed by atoms with van der Waals surface area (Å²) in [5, 5.41) is 6.86. The predicted octanol–water partition coefficient (Wildman–Crippen LogP) is 5.07. The lowest BCUT2D eigenvalue weighted by Gasteiger charge is -2.09. The Balaban J connectivity index is 1.45. The van der Waals surface area contributed by atoms with Gasteiger partial charge in [0.2, 0.25) is 5.95 Å². The van der Waals surface area contributed by atoms with E-state index in [0.29, 0.717) is 35.1 Å². The summed E-state index contributed by atoms with van der Waals surface area (Å²) >= 11 is 0. The molecule has 0 spiro atoms. The van der Waals surface area contributed by atoms with Crippen LogP contribution in [0.15, 0.2) is 60.8 Å². The van der Waals surface area contributed by atoms with Crippen molar-refractivity contribution in [2.24, 2.45) is 0 Å². The average Bonchev–Trinajstić information content (AvgIpc) is 3.25. The number of carbonyl (C=O) groups is 1. The van der Waals surface area contributed by atoms with Gasteiger partial charge in [-0.1, -0.05) is 12.1 Å². The Hall–Kier alpha value is -3.92. The van der Waals surface area contributed by atoms with Crippen molar-refractivity contribution in [1.82, 2.24) is 25.2 Å². The first-order valence-corrected chi connectivity index (χ1v) is 11.0. The van der Waals surface area contributed by atoms with Gasteiger partial charge in [0.15, 0.2) is 0 Å². The van der Waals surface area contributed by atoms with Gasteiger partial charge < -0.3 is 20.5 Å². The smallest absolute Gasteiger partial charge is 0.351 e. The Kier molecular flexibility index (Phi) is 7.02. The summed E-state index contributed by atoms with van der Waals surface area (Å²) in [5.74, 6) is 0.137. The maximum Gasteiger partial charge on any atom is 0.416 e. The topological polar surface area (TPSA) is 85.9 Å². The van der Waals surface area contributed by atoms with Crippen molar-refractivity contribution in [1.29, 1.82) is 0 Å². The van der Waals surface area contributed by atoms with Gasteiger partial charge in [0, 0.05) is 34.9 Å². The van der Waals surface area contributed by atoms with Crippen LogP contribution in [-0.4, -0.2) is 52.9 Å². The zero-order valence-corrected chi connectivity index (χ0v) is 19.3. The van der Waals surface area contributed by atoms with Gasteiger partial charge in [0.1, 0.15) is 5.69 Å². The number of fused-ring (bicyclic) bond motifs is 1. The van der Waals surface area contributed by atoms with Crippen molar-refractivity contribution in [2.75, 3.05) is 32.5 Å². The van der Waals surface area contributed by atoms with Crippen LogP contribution >= 0.6 is 0 Å². The van der Waals surface area contributed by atoms with Gasteiger partial charge in [-0.2, -0.15) is 13.2 Å². The number of hydrogen-bond donors (Lipinski definition) is 3. The molecule has 10 heteroatoms. The van der Waals surface area contributed by atoms with Gasteiger partial charge in [0.05, 0.1) is 11.3 Å². The molecular formula is C25H25F3N6O. The SMILES string of the molecule is CN(C)CCCNC(=O)c1cc2cc(Nc3nccc(-c4ccc(C(F)(F)F)cc4)n3)ccc2[nH]1.